The molecule has 0 saturated carbocycles. The molecule has 0 rings (SSSR count). The molecule has 0 heterocycles. The van der Waals surface area contributed by atoms with E-state index >= 15 is 0 Å². The van der Waals surface area contributed by atoms with Crippen LogP contribution in [0, 0.1) is 11.8 Å². The first-order chi connectivity index (χ1) is 9.60. The van der Waals surface area contributed by atoms with Crippen molar-refractivity contribution in [2.75, 3.05) is 26.2 Å². The van der Waals surface area contributed by atoms with Gasteiger partial charge in [0.05, 0.1) is 0 Å². The third-order valence-electron chi connectivity index (χ3n) is 4.32. The minimum Gasteiger partial charge on any atom is -0.314 e. The fourth-order valence-corrected chi connectivity index (χ4v) is 4.51. The Bertz CT molecular complexity index is 187. The molecular formula is C16H35IN2S. The van der Waals surface area contributed by atoms with Crippen molar-refractivity contribution in [3.63, 3.8) is 0 Å². The zero-order valence-electron chi connectivity index (χ0n) is 13.8. The lowest BCUT2D eigenvalue weighted by Gasteiger charge is -2.22. The second-order valence-corrected chi connectivity index (χ2v) is 7.91. The Morgan fingerprint density at radius 3 is 1.70 bits per heavy atom. The number of halogens is 1. The smallest absolute Gasteiger partial charge is 0.0262 e. The van der Waals surface area contributed by atoms with Crippen molar-refractivity contribution in [1.82, 2.24) is 10.6 Å². The predicted molar refractivity (Wildman–Crippen MR) is 104 cm³/mol. The fraction of sp³-hybridized carbons (Fsp3) is 1.00. The maximum absolute atomic E-state index is 4.71. The van der Waals surface area contributed by atoms with E-state index < -0.39 is 0 Å². The molecule has 0 aliphatic carbocycles. The predicted octanol–water partition coefficient (Wildman–Crippen LogP) is 4.14. The van der Waals surface area contributed by atoms with Crippen LogP contribution >= 0.6 is 35.2 Å². The van der Waals surface area contributed by atoms with E-state index in [0.717, 1.165) is 41.9 Å². The van der Waals surface area contributed by atoms with Gasteiger partial charge >= 0.3 is 0 Å². The quantitative estimate of drug-likeness (QED) is 0.183. The van der Waals surface area contributed by atoms with E-state index in [9.17, 15) is 0 Å². The van der Waals surface area contributed by atoms with Crippen molar-refractivity contribution in [3.05, 3.63) is 0 Å². The summed E-state index contributed by atoms with van der Waals surface area (Å²) >= 11 is 7.31. The molecule has 0 fully saturated rings. The van der Waals surface area contributed by atoms with Gasteiger partial charge in [0, 0.05) is 35.4 Å². The molecule has 0 radical (unpaired) electrons. The summed E-state index contributed by atoms with van der Waals surface area (Å²) in [6.45, 7) is 13.4. The van der Waals surface area contributed by atoms with Crippen LogP contribution in [0.4, 0.5) is 0 Å². The molecule has 0 aliphatic rings. The Morgan fingerprint density at radius 2 is 1.25 bits per heavy atom. The fourth-order valence-electron chi connectivity index (χ4n) is 2.63. The number of hydrogen-bond acceptors (Lipinski definition) is 3. The van der Waals surface area contributed by atoms with Crippen LogP contribution < -0.4 is 10.6 Å². The molecule has 20 heavy (non-hydrogen) atoms. The van der Waals surface area contributed by atoms with E-state index in [1.165, 1.54) is 25.7 Å². The molecule has 0 aromatic carbocycles. The minimum atomic E-state index is 0.492. The maximum atomic E-state index is 4.71. The summed E-state index contributed by atoms with van der Waals surface area (Å²) < 4.78 is 0.754. The van der Waals surface area contributed by atoms with Crippen LogP contribution in [0.15, 0.2) is 0 Å². The zero-order chi connectivity index (χ0) is 15.4. The van der Waals surface area contributed by atoms with E-state index in [2.05, 4.69) is 60.9 Å². The second-order valence-electron chi connectivity index (χ2n) is 5.64. The first-order valence-electron chi connectivity index (χ1n) is 8.34. The lowest BCUT2D eigenvalue weighted by molar-refractivity contribution is 0.444. The molecule has 4 heteroatoms. The highest BCUT2D eigenvalue weighted by Gasteiger charge is 2.15. The highest BCUT2D eigenvalue weighted by molar-refractivity contribution is 14.1. The average Bonchev–Trinajstić information content (AvgIpc) is 2.45. The molecule has 2 N–H and O–H groups in total. The van der Waals surface area contributed by atoms with Crippen LogP contribution in [0.5, 0.6) is 0 Å². The molecule has 0 aromatic rings. The molecule has 0 aromatic heterocycles. The highest BCUT2D eigenvalue weighted by Crippen LogP contribution is 2.19. The second kappa shape index (κ2) is 13.6. The monoisotopic (exact) mass is 414 g/mol. The van der Waals surface area contributed by atoms with Crippen molar-refractivity contribution in [1.29, 1.82) is 0 Å². The van der Waals surface area contributed by atoms with Gasteiger partial charge in [-0.1, -0.05) is 76.0 Å². The van der Waals surface area contributed by atoms with Crippen molar-refractivity contribution in [2.45, 2.75) is 62.6 Å². The summed E-state index contributed by atoms with van der Waals surface area (Å²) in [6, 6.07) is 0. The van der Waals surface area contributed by atoms with Crippen LogP contribution in [-0.2, 0) is 0 Å². The van der Waals surface area contributed by atoms with E-state index in [1.54, 1.807) is 0 Å². The maximum Gasteiger partial charge on any atom is 0.0262 e. The first-order valence-corrected chi connectivity index (χ1v) is 10.1. The van der Waals surface area contributed by atoms with Gasteiger partial charge in [0.25, 0.3) is 0 Å². The van der Waals surface area contributed by atoms with Crippen molar-refractivity contribution < 1.29 is 0 Å². The molecule has 0 aliphatic heterocycles. The van der Waals surface area contributed by atoms with Crippen LogP contribution in [0.2, 0.25) is 0 Å². The van der Waals surface area contributed by atoms with Gasteiger partial charge in [-0.25, -0.2) is 0 Å². The first kappa shape index (κ1) is 21.0. The van der Waals surface area contributed by atoms with E-state index in [-0.39, 0.29) is 0 Å². The van der Waals surface area contributed by atoms with Crippen molar-refractivity contribution in [3.8, 4) is 0 Å². The molecule has 2 unspecified atom stereocenters. The van der Waals surface area contributed by atoms with E-state index in [1.807, 2.05) is 0 Å². The molecule has 2 nitrogen and oxygen atoms in total. The summed E-state index contributed by atoms with van der Waals surface area (Å²) in [5, 5.41) is 7.59. The number of rotatable bonds is 13. The standard InChI is InChI=1S/C16H35IN2S/c1-5-13(6-2)15(17)11-18-9-10-19-12-16(20)14(7-3)8-4/h13-16,18-20H,5-12H2,1-4H3. The van der Waals surface area contributed by atoms with E-state index in [4.69, 9.17) is 12.6 Å². The van der Waals surface area contributed by atoms with Crippen LogP contribution in [0.3, 0.4) is 0 Å². The lowest BCUT2D eigenvalue weighted by atomic mass is 9.99. The lowest BCUT2D eigenvalue weighted by Crippen LogP contribution is -2.36. The van der Waals surface area contributed by atoms with Gasteiger partial charge in [-0.2, -0.15) is 12.6 Å². The summed E-state index contributed by atoms with van der Waals surface area (Å²) in [4.78, 5) is 0. The van der Waals surface area contributed by atoms with Crippen LogP contribution in [0.25, 0.3) is 0 Å². The highest BCUT2D eigenvalue weighted by atomic mass is 127. The molecule has 0 bridgehead atoms. The van der Waals surface area contributed by atoms with Gasteiger partial charge in [0.1, 0.15) is 0 Å². The molecule has 0 saturated heterocycles. The van der Waals surface area contributed by atoms with E-state index in [0.29, 0.717) is 5.25 Å². The number of hydrogen-bond donors (Lipinski definition) is 3. The van der Waals surface area contributed by atoms with Crippen LogP contribution in [-0.4, -0.2) is 35.4 Å². The molecule has 2 atom stereocenters. The molecule has 0 amide bonds. The number of nitrogens with one attached hydrogen (secondary N) is 2. The van der Waals surface area contributed by atoms with Gasteiger partial charge in [0.2, 0.25) is 0 Å². The SMILES string of the molecule is CCC(CC)C(S)CNCCNCC(I)C(CC)CC. The zero-order valence-corrected chi connectivity index (χ0v) is 16.8. The van der Waals surface area contributed by atoms with Gasteiger partial charge < -0.3 is 10.6 Å². The molecular weight excluding hydrogens is 379 g/mol. The number of thiol groups is 1. The normalized spacial score (nSPS) is 15.0. The Balaban J connectivity index is 3.57. The summed E-state index contributed by atoms with van der Waals surface area (Å²) in [7, 11) is 0. The van der Waals surface area contributed by atoms with Crippen molar-refractivity contribution in [2.24, 2.45) is 11.8 Å². The van der Waals surface area contributed by atoms with Crippen molar-refractivity contribution >= 4 is 35.2 Å². The summed E-state index contributed by atoms with van der Waals surface area (Å²) in [5.41, 5.74) is 0. The van der Waals surface area contributed by atoms with Crippen LogP contribution in [0.1, 0.15) is 53.4 Å². The molecule has 0 spiro atoms. The third kappa shape index (κ3) is 9.11. The summed E-state index contributed by atoms with van der Waals surface area (Å²) in [5.74, 6) is 1.60. The largest absolute Gasteiger partial charge is 0.314 e. The Kier molecular flexibility index (Phi) is 14.3. The Hall–Kier alpha value is 1.00. The minimum absolute atomic E-state index is 0.492. The van der Waals surface area contributed by atoms with Gasteiger partial charge in [-0.15, -0.1) is 0 Å². The van der Waals surface area contributed by atoms with Gasteiger partial charge in [0.15, 0.2) is 0 Å². The Morgan fingerprint density at radius 1 is 0.800 bits per heavy atom. The molecule has 122 valence electrons. The van der Waals surface area contributed by atoms with Gasteiger partial charge in [-0.05, 0) is 11.8 Å². The summed E-state index contributed by atoms with van der Waals surface area (Å²) in [6.07, 6.45) is 5.05. The Labute approximate surface area is 146 Å². The number of alkyl halides is 1. The van der Waals surface area contributed by atoms with Gasteiger partial charge in [-0.3, -0.25) is 0 Å². The average molecular weight is 414 g/mol. The third-order valence-corrected chi connectivity index (χ3v) is 6.39. The topological polar surface area (TPSA) is 24.1 Å².